The average molecular weight is 270 g/mol. The van der Waals surface area contributed by atoms with Crippen LogP contribution in [0.4, 0.5) is 17.6 Å². The van der Waals surface area contributed by atoms with Crippen LogP contribution in [0.1, 0.15) is 24.5 Å². The molecule has 0 radical (unpaired) electrons. The lowest BCUT2D eigenvalue weighted by molar-refractivity contribution is -0.137. The van der Waals surface area contributed by atoms with E-state index in [0.29, 0.717) is 12.5 Å². The highest BCUT2D eigenvalue weighted by molar-refractivity contribution is 6.30. The van der Waals surface area contributed by atoms with Gasteiger partial charge in [-0.2, -0.15) is 13.2 Å². The summed E-state index contributed by atoms with van der Waals surface area (Å²) in [5, 5.41) is -0.530. The Balaban J connectivity index is 3.16. The Bertz CT molecular complexity index is 403. The summed E-state index contributed by atoms with van der Waals surface area (Å²) in [6.07, 6.45) is -3.96. The van der Waals surface area contributed by atoms with Crippen LogP contribution in [0.15, 0.2) is 12.1 Å². The van der Waals surface area contributed by atoms with Crippen molar-refractivity contribution in [2.24, 2.45) is 5.73 Å². The molecule has 17 heavy (non-hydrogen) atoms. The molecule has 0 fully saturated rings. The Morgan fingerprint density at radius 2 is 1.94 bits per heavy atom. The fourth-order valence-corrected chi connectivity index (χ4v) is 1.62. The van der Waals surface area contributed by atoms with Crippen LogP contribution in [0.5, 0.6) is 0 Å². The van der Waals surface area contributed by atoms with Crippen LogP contribution < -0.4 is 5.73 Å². The van der Waals surface area contributed by atoms with E-state index in [4.69, 9.17) is 17.3 Å². The lowest BCUT2D eigenvalue weighted by Crippen LogP contribution is -2.22. The molecular formula is C11H12ClF4N. The molecule has 2 N–H and O–H groups in total. The molecule has 0 bridgehead atoms. The summed E-state index contributed by atoms with van der Waals surface area (Å²) in [6.45, 7) is 1.78. The average Bonchev–Trinajstić information content (AvgIpc) is 2.22. The Hall–Kier alpha value is -0.810. The summed E-state index contributed by atoms with van der Waals surface area (Å²) in [4.78, 5) is 0. The van der Waals surface area contributed by atoms with E-state index in [-0.39, 0.29) is 18.0 Å². The van der Waals surface area contributed by atoms with Gasteiger partial charge in [0, 0.05) is 6.04 Å². The molecule has 0 aromatic heterocycles. The summed E-state index contributed by atoms with van der Waals surface area (Å²) < 4.78 is 51.0. The molecule has 6 heteroatoms. The van der Waals surface area contributed by atoms with Crippen molar-refractivity contribution in [3.05, 3.63) is 34.1 Å². The quantitative estimate of drug-likeness (QED) is 0.831. The zero-order chi connectivity index (χ0) is 13.2. The first-order valence-corrected chi connectivity index (χ1v) is 5.44. The Kier molecular flexibility index (Phi) is 4.38. The molecule has 0 aliphatic heterocycles. The third kappa shape index (κ3) is 3.57. The number of alkyl halides is 3. The number of hydrogen-bond acceptors (Lipinski definition) is 1. The van der Waals surface area contributed by atoms with Gasteiger partial charge in [0.2, 0.25) is 0 Å². The van der Waals surface area contributed by atoms with Crippen LogP contribution in [0.2, 0.25) is 5.02 Å². The molecule has 1 atom stereocenters. The van der Waals surface area contributed by atoms with E-state index in [2.05, 4.69) is 0 Å². The van der Waals surface area contributed by atoms with Crippen LogP contribution in [-0.2, 0) is 12.6 Å². The van der Waals surface area contributed by atoms with Gasteiger partial charge in [0.05, 0.1) is 10.6 Å². The van der Waals surface area contributed by atoms with E-state index in [1.165, 1.54) is 0 Å². The van der Waals surface area contributed by atoms with E-state index in [9.17, 15) is 17.6 Å². The molecule has 1 aromatic rings. The number of nitrogens with two attached hydrogens (primary N) is 1. The van der Waals surface area contributed by atoms with E-state index in [0.717, 1.165) is 6.07 Å². The minimum absolute atomic E-state index is 0.0337. The third-order valence-electron chi connectivity index (χ3n) is 2.44. The van der Waals surface area contributed by atoms with Gasteiger partial charge in [-0.15, -0.1) is 0 Å². The minimum Gasteiger partial charge on any atom is -0.327 e. The van der Waals surface area contributed by atoms with Crippen LogP contribution in [0.25, 0.3) is 0 Å². The molecule has 1 rings (SSSR count). The Labute approximate surface area is 102 Å². The maximum absolute atomic E-state index is 13.5. The molecule has 0 amide bonds. The van der Waals surface area contributed by atoms with Crippen molar-refractivity contribution in [1.82, 2.24) is 0 Å². The third-order valence-corrected chi connectivity index (χ3v) is 2.71. The zero-order valence-corrected chi connectivity index (χ0v) is 9.87. The first-order valence-electron chi connectivity index (χ1n) is 5.06. The van der Waals surface area contributed by atoms with Crippen molar-refractivity contribution in [3.8, 4) is 0 Å². The maximum atomic E-state index is 13.5. The minimum atomic E-state index is -4.54. The van der Waals surface area contributed by atoms with Gasteiger partial charge in [-0.3, -0.25) is 0 Å². The van der Waals surface area contributed by atoms with Gasteiger partial charge in [0.25, 0.3) is 0 Å². The normalized spacial score (nSPS) is 13.8. The van der Waals surface area contributed by atoms with E-state index >= 15 is 0 Å². The van der Waals surface area contributed by atoms with Crippen LogP contribution in [-0.4, -0.2) is 6.04 Å². The van der Waals surface area contributed by atoms with Gasteiger partial charge in [-0.05, 0) is 30.5 Å². The van der Waals surface area contributed by atoms with Gasteiger partial charge in [-0.1, -0.05) is 18.5 Å². The molecule has 1 unspecified atom stereocenters. The van der Waals surface area contributed by atoms with Crippen LogP contribution in [0, 0.1) is 5.82 Å². The van der Waals surface area contributed by atoms with Gasteiger partial charge >= 0.3 is 6.18 Å². The number of hydrogen-bond donors (Lipinski definition) is 1. The van der Waals surface area contributed by atoms with Crippen molar-refractivity contribution < 1.29 is 17.6 Å². The maximum Gasteiger partial charge on any atom is 0.416 e. The van der Waals surface area contributed by atoms with E-state index in [1.54, 1.807) is 6.92 Å². The van der Waals surface area contributed by atoms with Crippen molar-refractivity contribution in [2.75, 3.05) is 0 Å². The zero-order valence-electron chi connectivity index (χ0n) is 9.11. The second-order valence-electron chi connectivity index (χ2n) is 3.80. The lowest BCUT2D eigenvalue weighted by Gasteiger charge is -2.14. The highest BCUT2D eigenvalue weighted by Crippen LogP contribution is 2.33. The molecule has 0 heterocycles. The molecule has 0 aliphatic rings. The highest BCUT2D eigenvalue weighted by Gasteiger charge is 2.32. The first kappa shape index (κ1) is 14.3. The standard InChI is InChI=1S/C11H12ClF4N/c1-2-8(17)4-6-3-7(11(14,15)16)5-9(12)10(6)13/h3,5,8H,2,4,17H2,1H3. The van der Waals surface area contributed by atoms with Crippen LogP contribution >= 0.6 is 11.6 Å². The summed E-state index contributed by atoms with van der Waals surface area (Å²) >= 11 is 5.44. The Morgan fingerprint density at radius 1 is 1.35 bits per heavy atom. The number of benzene rings is 1. The second-order valence-corrected chi connectivity index (χ2v) is 4.21. The molecule has 1 aromatic carbocycles. The van der Waals surface area contributed by atoms with Gasteiger partial charge < -0.3 is 5.73 Å². The molecular weight excluding hydrogens is 258 g/mol. The molecule has 0 aliphatic carbocycles. The molecule has 96 valence electrons. The fourth-order valence-electron chi connectivity index (χ4n) is 1.39. The van der Waals surface area contributed by atoms with Crippen LogP contribution in [0.3, 0.4) is 0 Å². The highest BCUT2D eigenvalue weighted by atomic mass is 35.5. The van der Waals surface area contributed by atoms with Crippen molar-refractivity contribution >= 4 is 11.6 Å². The Morgan fingerprint density at radius 3 is 2.41 bits per heavy atom. The van der Waals surface area contributed by atoms with E-state index < -0.39 is 22.6 Å². The predicted molar refractivity (Wildman–Crippen MR) is 58.4 cm³/mol. The van der Waals surface area contributed by atoms with Gasteiger partial charge in [0.15, 0.2) is 0 Å². The summed E-state index contributed by atoms with van der Waals surface area (Å²) in [5.74, 6) is -0.830. The van der Waals surface area contributed by atoms with E-state index in [1.807, 2.05) is 0 Å². The van der Waals surface area contributed by atoms with Gasteiger partial charge in [0.1, 0.15) is 5.82 Å². The SMILES string of the molecule is CCC(N)Cc1cc(C(F)(F)F)cc(Cl)c1F. The summed E-state index contributed by atoms with van der Waals surface area (Å²) in [7, 11) is 0. The fraction of sp³-hybridized carbons (Fsp3) is 0.455. The number of rotatable bonds is 3. The molecule has 0 saturated carbocycles. The lowest BCUT2D eigenvalue weighted by atomic mass is 10.0. The monoisotopic (exact) mass is 269 g/mol. The molecule has 1 nitrogen and oxygen atoms in total. The van der Waals surface area contributed by atoms with Gasteiger partial charge in [-0.25, -0.2) is 4.39 Å². The molecule has 0 saturated heterocycles. The smallest absolute Gasteiger partial charge is 0.327 e. The second kappa shape index (κ2) is 5.23. The van der Waals surface area contributed by atoms with Crippen molar-refractivity contribution in [1.29, 1.82) is 0 Å². The largest absolute Gasteiger partial charge is 0.416 e. The summed E-state index contributed by atoms with van der Waals surface area (Å²) in [6, 6.07) is 0.957. The first-order chi connectivity index (χ1) is 7.75. The summed E-state index contributed by atoms with van der Waals surface area (Å²) in [5.41, 5.74) is 4.54. The molecule has 0 spiro atoms. The topological polar surface area (TPSA) is 26.0 Å². The predicted octanol–water partition coefficient (Wildman–Crippen LogP) is 3.78. The number of halogens is 5. The van der Waals surface area contributed by atoms with Crippen molar-refractivity contribution in [2.45, 2.75) is 32.0 Å². The van der Waals surface area contributed by atoms with Crippen molar-refractivity contribution in [3.63, 3.8) is 0 Å².